The number of hydrogen-bond acceptors (Lipinski definition) is 3. The van der Waals surface area contributed by atoms with Crippen LogP contribution in [0.3, 0.4) is 0 Å². The second kappa shape index (κ2) is 5.27. The predicted molar refractivity (Wildman–Crippen MR) is 53.7 cm³/mol. The van der Waals surface area contributed by atoms with Crippen molar-refractivity contribution in [3.05, 3.63) is 16.1 Å². The van der Waals surface area contributed by atoms with Crippen LogP contribution in [0, 0.1) is 0 Å². The van der Waals surface area contributed by atoms with Gasteiger partial charge in [0.2, 0.25) is 0 Å². The topological polar surface area (TPSA) is 24.9 Å². The van der Waals surface area contributed by atoms with Gasteiger partial charge in [0.1, 0.15) is 0 Å². The Morgan fingerprint density at radius 2 is 2.42 bits per heavy atom. The van der Waals surface area contributed by atoms with Crippen molar-refractivity contribution in [3.63, 3.8) is 0 Å². The number of thiazole rings is 1. The van der Waals surface area contributed by atoms with E-state index in [0.717, 1.165) is 19.4 Å². The van der Waals surface area contributed by atoms with Crippen molar-refractivity contribution < 1.29 is 0 Å². The average molecular weight is 184 g/mol. The molecule has 12 heavy (non-hydrogen) atoms. The number of aromatic nitrogens is 1. The van der Waals surface area contributed by atoms with Crippen molar-refractivity contribution in [1.29, 1.82) is 0 Å². The molecule has 0 atom stereocenters. The van der Waals surface area contributed by atoms with E-state index in [1.807, 2.05) is 7.05 Å². The van der Waals surface area contributed by atoms with E-state index in [9.17, 15) is 0 Å². The molecule has 0 aromatic carbocycles. The fourth-order valence-corrected chi connectivity index (χ4v) is 1.97. The summed E-state index contributed by atoms with van der Waals surface area (Å²) >= 11 is 1.79. The predicted octanol–water partition coefficient (Wildman–Crippen LogP) is 1.86. The summed E-state index contributed by atoms with van der Waals surface area (Å²) in [5, 5.41) is 6.58. The van der Waals surface area contributed by atoms with Gasteiger partial charge in [0.15, 0.2) is 0 Å². The van der Waals surface area contributed by atoms with E-state index >= 15 is 0 Å². The standard InChI is InChI=1S/C9H16N2S/c1-3-8-7-12-9(11-8)5-4-6-10-2/h7,10H,3-6H2,1-2H3. The minimum absolute atomic E-state index is 1.06. The van der Waals surface area contributed by atoms with Crippen molar-refractivity contribution in [2.45, 2.75) is 26.2 Å². The first-order chi connectivity index (χ1) is 5.86. The number of rotatable bonds is 5. The number of aryl methyl sites for hydroxylation is 2. The van der Waals surface area contributed by atoms with Crippen LogP contribution in [-0.2, 0) is 12.8 Å². The van der Waals surface area contributed by atoms with Gasteiger partial charge < -0.3 is 5.32 Å². The molecule has 68 valence electrons. The van der Waals surface area contributed by atoms with Crippen molar-refractivity contribution >= 4 is 11.3 Å². The summed E-state index contributed by atoms with van der Waals surface area (Å²) in [4.78, 5) is 4.49. The summed E-state index contributed by atoms with van der Waals surface area (Å²) in [6.45, 7) is 3.23. The zero-order valence-corrected chi connectivity index (χ0v) is 8.58. The molecule has 3 heteroatoms. The highest BCUT2D eigenvalue weighted by molar-refractivity contribution is 7.09. The van der Waals surface area contributed by atoms with Crippen LogP contribution >= 0.6 is 11.3 Å². The lowest BCUT2D eigenvalue weighted by molar-refractivity contribution is 0.721. The molecule has 0 aliphatic rings. The maximum Gasteiger partial charge on any atom is 0.0928 e. The number of nitrogens with zero attached hydrogens (tertiary/aromatic N) is 1. The highest BCUT2D eigenvalue weighted by atomic mass is 32.1. The quantitative estimate of drug-likeness (QED) is 0.706. The Morgan fingerprint density at radius 3 is 3.00 bits per heavy atom. The molecule has 0 spiro atoms. The van der Waals surface area contributed by atoms with E-state index in [2.05, 4.69) is 22.6 Å². The van der Waals surface area contributed by atoms with E-state index in [1.165, 1.54) is 17.1 Å². The third-order valence-electron chi connectivity index (χ3n) is 1.78. The fourth-order valence-electron chi connectivity index (χ4n) is 1.04. The molecule has 1 N–H and O–H groups in total. The third-order valence-corrected chi connectivity index (χ3v) is 2.74. The summed E-state index contributed by atoms with van der Waals surface area (Å²) in [5.41, 5.74) is 1.24. The highest BCUT2D eigenvalue weighted by Gasteiger charge is 1.98. The molecule has 0 saturated carbocycles. The monoisotopic (exact) mass is 184 g/mol. The van der Waals surface area contributed by atoms with Gasteiger partial charge in [-0.05, 0) is 26.4 Å². The fraction of sp³-hybridized carbons (Fsp3) is 0.667. The van der Waals surface area contributed by atoms with Gasteiger partial charge in [0.05, 0.1) is 10.7 Å². The van der Waals surface area contributed by atoms with Crippen molar-refractivity contribution in [3.8, 4) is 0 Å². The summed E-state index contributed by atoms with van der Waals surface area (Å²) in [6.07, 6.45) is 3.36. The van der Waals surface area contributed by atoms with Crippen LogP contribution < -0.4 is 5.32 Å². The molecular weight excluding hydrogens is 168 g/mol. The Morgan fingerprint density at radius 1 is 1.58 bits per heavy atom. The van der Waals surface area contributed by atoms with Crippen LogP contribution in [0.2, 0.25) is 0 Å². The molecule has 1 rings (SSSR count). The molecule has 0 amide bonds. The van der Waals surface area contributed by atoms with Gasteiger partial charge in [-0.15, -0.1) is 11.3 Å². The smallest absolute Gasteiger partial charge is 0.0928 e. The molecule has 0 aliphatic heterocycles. The lowest BCUT2D eigenvalue weighted by Crippen LogP contribution is -2.08. The van der Waals surface area contributed by atoms with Gasteiger partial charge in [-0.25, -0.2) is 4.98 Å². The highest BCUT2D eigenvalue weighted by Crippen LogP contribution is 2.11. The maximum absolute atomic E-state index is 4.49. The molecule has 0 saturated heterocycles. The van der Waals surface area contributed by atoms with Gasteiger partial charge in [0, 0.05) is 11.8 Å². The van der Waals surface area contributed by atoms with Crippen LogP contribution in [0.1, 0.15) is 24.0 Å². The van der Waals surface area contributed by atoms with Gasteiger partial charge >= 0.3 is 0 Å². The van der Waals surface area contributed by atoms with E-state index in [1.54, 1.807) is 11.3 Å². The summed E-state index contributed by atoms with van der Waals surface area (Å²) in [6, 6.07) is 0. The van der Waals surface area contributed by atoms with Crippen molar-refractivity contribution in [2.75, 3.05) is 13.6 Å². The van der Waals surface area contributed by atoms with Gasteiger partial charge in [-0.2, -0.15) is 0 Å². The molecule has 0 aliphatic carbocycles. The Balaban J connectivity index is 2.31. The third kappa shape index (κ3) is 2.91. The lowest BCUT2D eigenvalue weighted by Gasteiger charge is -1.95. The van der Waals surface area contributed by atoms with E-state index in [0.29, 0.717) is 0 Å². The second-order valence-corrected chi connectivity index (χ2v) is 3.74. The molecule has 0 radical (unpaired) electrons. The minimum Gasteiger partial charge on any atom is -0.320 e. The van der Waals surface area contributed by atoms with Crippen molar-refractivity contribution in [1.82, 2.24) is 10.3 Å². The second-order valence-electron chi connectivity index (χ2n) is 2.79. The van der Waals surface area contributed by atoms with E-state index in [4.69, 9.17) is 0 Å². The van der Waals surface area contributed by atoms with Crippen LogP contribution in [0.25, 0.3) is 0 Å². The molecule has 0 unspecified atom stereocenters. The van der Waals surface area contributed by atoms with Gasteiger partial charge in [0.25, 0.3) is 0 Å². The maximum atomic E-state index is 4.49. The van der Waals surface area contributed by atoms with E-state index in [-0.39, 0.29) is 0 Å². The Labute approximate surface area is 78.0 Å². The van der Waals surface area contributed by atoms with Crippen LogP contribution in [0.5, 0.6) is 0 Å². The number of nitrogens with one attached hydrogen (secondary N) is 1. The molecule has 1 heterocycles. The minimum atomic E-state index is 1.06. The summed E-state index contributed by atoms with van der Waals surface area (Å²) < 4.78 is 0. The molecule has 1 aromatic heterocycles. The molecule has 2 nitrogen and oxygen atoms in total. The summed E-state index contributed by atoms with van der Waals surface area (Å²) in [5.74, 6) is 0. The molecule has 0 fully saturated rings. The molecule has 0 bridgehead atoms. The summed E-state index contributed by atoms with van der Waals surface area (Å²) in [7, 11) is 1.99. The zero-order chi connectivity index (χ0) is 8.81. The SMILES string of the molecule is CCc1csc(CCCNC)n1. The van der Waals surface area contributed by atoms with Crippen LogP contribution in [0.4, 0.5) is 0 Å². The zero-order valence-electron chi connectivity index (χ0n) is 7.76. The van der Waals surface area contributed by atoms with Crippen LogP contribution in [-0.4, -0.2) is 18.6 Å². The number of hydrogen-bond donors (Lipinski definition) is 1. The van der Waals surface area contributed by atoms with Crippen LogP contribution in [0.15, 0.2) is 5.38 Å². The molecular formula is C9H16N2S. The largest absolute Gasteiger partial charge is 0.320 e. The average Bonchev–Trinajstić information content (AvgIpc) is 2.53. The normalized spacial score (nSPS) is 10.5. The first kappa shape index (κ1) is 9.68. The Kier molecular flexibility index (Phi) is 4.25. The Bertz CT molecular complexity index is 220. The lowest BCUT2D eigenvalue weighted by atomic mass is 10.3. The van der Waals surface area contributed by atoms with E-state index < -0.39 is 0 Å². The Hall–Kier alpha value is -0.410. The first-order valence-corrected chi connectivity index (χ1v) is 5.32. The van der Waals surface area contributed by atoms with Crippen molar-refractivity contribution in [2.24, 2.45) is 0 Å². The first-order valence-electron chi connectivity index (χ1n) is 4.44. The van der Waals surface area contributed by atoms with Gasteiger partial charge in [-0.3, -0.25) is 0 Å². The van der Waals surface area contributed by atoms with Gasteiger partial charge in [-0.1, -0.05) is 6.92 Å². The molecule has 1 aromatic rings.